The lowest BCUT2D eigenvalue weighted by atomic mass is 9.94. The van der Waals surface area contributed by atoms with Crippen molar-refractivity contribution in [1.82, 2.24) is 13.7 Å². The number of fused-ring (bicyclic) bond motifs is 16. The molecular formula is C60H37N3. The van der Waals surface area contributed by atoms with E-state index in [9.17, 15) is 0 Å². The van der Waals surface area contributed by atoms with E-state index in [2.05, 4.69) is 238 Å². The van der Waals surface area contributed by atoms with E-state index in [-0.39, 0.29) is 0 Å². The summed E-state index contributed by atoms with van der Waals surface area (Å²) in [4.78, 5) is 0. The van der Waals surface area contributed by atoms with E-state index in [0.717, 1.165) is 17.1 Å². The molecule has 0 bridgehead atoms. The van der Waals surface area contributed by atoms with E-state index < -0.39 is 0 Å². The maximum atomic E-state index is 2.56. The Morgan fingerprint density at radius 2 is 0.651 bits per heavy atom. The van der Waals surface area contributed by atoms with Crippen molar-refractivity contribution in [2.24, 2.45) is 0 Å². The molecule has 0 N–H and O–H groups in total. The third-order valence-corrected chi connectivity index (χ3v) is 13.6. The molecule has 0 amide bonds. The predicted octanol–water partition coefficient (Wildman–Crippen LogP) is 16.1. The van der Waals surface area contributed by atoms with Crippen molar-refractivity contribution in [3.05, 3.63) is 224 Å². The molecule has 14 aromatic rings. The summed E-state index contributed by atoms with van der Waals surface area (Å²) < 4.78 is 7.46. The quantitative estimate of drug-likeness (QED) is 0.158. The maximum Gasteiger partial charge on any atom is 0.0641 e. The Hall–Kier alpha value is -8.40. The van der Waals surface area contributed by atoms with Crippen LogP contribution in [-0.4, -0.2) is 13.7 Å². The fourth-order valence-electron chi connectivity index (χ4n) is 10.9. The van der Waals surface area contributed by atoms with Gasteiger partial charge in [-0.25, -0.2) is 0 Å². The number of rotatable bonds is 4. The Labute approximate surface area is 362 Å². The third-order valence-electron chi connectivity index (χ3n) is 13.6. The minimum absolute atomic E-state index is 1.14. The van der Waals surface area contributed by atoms with E-state index in [4.69, 9.17) is 0 Å². The van der Waals surface area contributed by atoms with Crippen molar-refractivity contribution < 1.29 is 0 Å². The SMILES string of the molecule is c1ccc(-c2cccc(-n3c4ccccc4c4c3ccc3c5ccc(-n6c7ccccc7c7ccccc76)cc5n(-c5ccc6c7ccccc7c7ccccc7c6c5)c34)c2)cc1. The van der Waals surface area contributed by atoms with Crippen LogP contribution in [0.3, 0.4) is 0 Å². The van der Waals surface area contributed by atoms with Gasteiger partial charge in [0.2, 0.25) is 0 Å². The molecule has 0 spiro atoms. The van der Waals surface area contributed by atoms with Gasteiger partial charge in [0.05, 0.1) is 33.1 Å². The number of hydrogen-bond acceptors (Lipinski definition) is 0. The minimum Gasteiger partial charge on any atom is -0.309 e. The van der Waals surface area contributed by atoms with Crippen molar-refractivity contribution in [3.8, 4) is 28.2 Å². The molecule has 11 aromatic carbocycles. The molecular weight excluding hydrogens is 763 g/mol. The van der Waals surface area contributed by atoms with Crippen LogP contribution in [0.2, 0.25) is 0 Å². The summed E-state index contributed by atoms with van der Waals surface area (Å²) in [6, 6.07) is 82.9. The van der Waals surface area contributed by atoms with Gasteiger partial charge in [0.1, 0.15) is 0 Å². The average Bonchev–Trinajstić information content (AvgIpc) is 4.00. The summed E-state index contributed by atoms with van der Waals surface area (Å²) in [5.41, 5.74) is 13.0. The Morgan fingerprint density at radius 3 is 1.32 bits per heavy atom. The third kappa shape index (κ3) is 4.85. The summed E-state index contributed by atoms with van der Waals surface area (Å²) in [6.45, 7) is 0. The number of nitrogens with zero attached hydrogens (tertiary/aromatic N) is 3. The van der Waals surface area contributed by atoms with Crippen molar-refractivity contribution in [2.75, 3.05) is 0 Å². The zero-order valence-electron chi connectivity index (χ0n) is 34.2. The normalized spacial score (nSPS) is 12.1. The van der Waals surface area contributed by atoms with E-state index in [1.807, 2.05) is 0 Å². The molecule has 0 aliphatic rings. The largest absolute Gasteiger partial charge is 0.309 e. The summed E-state index contributed by atoms with van der Waals surface area (Å²) >= 11 is 0. The molecule has 0 unspecified atom stereocenters. The first-order valence-corrected chi connectivity index (χ1v) is 21.8. The number of aromatic nitrogens is 3. The fourth-order valence-corrected chi connectivity index (χ4v) is 10.9. The molecule has 0 aliphatic carbocycles. The highest BCUT2D eigenvalue weighted by molar-refractivity contribution is 6.28. The van der Waals surface area contributed by atoms with Gasteiger partial charge >= 0.3 is 0 Å². The van der Waals surface area contributed by atoms with Gasteiger partial charge in [-0.05, 0) is 104 Å². The first-order valence-electron chi connectivity index (χ1n) is 21.8. The molecule has 0 saturated carbocycles. The second-order valence-electron chi connectivity index (χ2n) is 16.9. The minimum atomic E-state index is 1.14. The molecule has 0 aliphatic heterocycles. The van der Waals surface area contributed by atoms with E-state index in [0.29, 0.717) is 0 Å². The monoisotopic (exact) mass is 799 g/mol. The van der Waals surface area contributed by atoms with Crippen LogP contribution in [0, 0.1) is 0 Å². The molecule has 3 aromatic heterocycles. The highest BCUT2D eigenvalue weighted by Gasteiger charge is 2.23. The number of hydrogen-bond donors (Lipinski definition) is 0. The van der Waals surface area contributed by atoms with Crippen LogP contribution in [0.5, 0.6) is 0 Å². The van der Waals surface area contributed by atoms with Gasteiger partial charge in [0.15, 0.2) is 0 Å². The molecule has 0 fully saturated rings. The van der Waals surface area contributed by atoms with Gasteiger partial charge < -0.3 is 13.7 Å². The van der Waals surface area contributed by atoms with E-state index >= 15 is 0 Å². The summed E-state index contributed by atoms with van der Waals surface area (Å²) in [5.74, 6) is 0. The van der Waals surface area contributed by atoms with Gasteiger partial charge in [-0.15, -0.1) is 0 Å². The highest BCUT2D eigenvalue weighted by atomic mass is 15.0. The Morgan fingerprint density at radius 1 is 0.206 bits per heavy atom. The van der Waals surface area contributed by atoms with Crippen LogP contribution >= 0.6 is 0 Å². The van der Waals surface area contributed by atoms with Crippen LogP contribution < -0.4 is 0 Å². The first kappa shape index (κ1) is 34.3. The first-order chi connectivity index (χ1) is 31.3. The zero-order valence-corrected chi connectivity index (χ0v) is 34.2. The van der Waals surface area contributed by atoms with Crippen LogP contribution in [0.4, 0.5) is 0 Å². The molecule has 14 rings (SSSR count). The summed E-state index contributed by atoms with van der Waals surface area (Å²) in [7, 11) is 0. The molecule has 0 atom stereocenters. The van der Waals surface area contributed by atoms with Crippen molar-refractivity contribution in [1.29, 1.82) is 0 Å². The smallest absolute Gasteiger partial charge is 0.0641 e. The van der Waals surface area contributed by atoms with Crippen molar-refractivity contribution in [3.63, 3.8) is 0 Å². The number of para-hydroxylation sites is 3. The molecule has 3 heterocycles. The van der Waals surface area contributed by atoms with Gasteiger partial charge in [-0.3, -0.25) is 0 Å². The van der Waals surface area contributed by atoms with Crippen LogP contribution in [0.15, 0.2) is 224 Å². The van der Waals surface area contributed by atoms with Gasteiger partial charge in [-0.2, -0.15) is 0 Å². The molecule has 3 nitrogen and oxygen atoms in total. The second-order valence-corrected chi connectivity index (χ2v) is 16.9. The molecule has 63 heavy (non-hydrogen) atoms. The fraction of sp³-hybridized carbons (Fsp3) is 0. The Balaban J connectivity index is 1.13. The molecule has 0 saturated heterocycles. The van der Waals surface area contributed by atoms with Crippen LogP contribution in [0.1, 0.15) is 0 Å². The van der Waals surface area contributed by atoms with Gasteiger partial charge in [0, 0.05) is 49.4 Å². The topological polar surface area (TPSA) is 14.8 Å². The standard InChI is InChI=1S/C60H37N3/c1-2-15-38(16-3-1)39-17-14-18-40(35-39)62-56-28-13-10-25-52(56)59-57(62)34-33-51-50-32-30-42(61-54-26-11-8-23-48(54)49-24-9-12-27-55(49)61)37-58(50)63(60(51)59)41-29-31-47-45-21-5-4-19-43(45)44-20-6-7-22-46(44)53(47)36-41/h1-37H. The lowest BCUT2D eigenvalue weighted by Gasteiger charge is -2.15. The van der Waals surface area contributed by atoms with Crippen LogP contribution in [-0.2, 0) is 0 Å². The molecule has 0 radical (unpaired) electrons. The van der Waals surface area contributed by atoms with Gasteiger partial charge in [-0.1, -0.05) is 164 Å². The second kappa shape index (κ2) is 13.1. The lowest BCUT2D eigenvalue weighted by Crippen LogP contribution is -1.98. The van der Waals surface area contributed by atoms with Crippen molar-refractivity contribution >= 4 is 97.7 Å². The average molecular weight is 800 g/mol. The predicted molar refractivity (Wildman–Crippen MR) is 267 cm³/mol. The van der Waals surface area contributed by atoms with Crippen molar-refractivity contribution in [2.45, 2.75) is 0 Å². The zero-order chi connectivity index (χ0) is 41.2. The molecule has 3 heteroatoms. The Kier molecular flexibility index (Phi) is 7.11. The molecule has 292 valence electrons. The Bertz CT molecular complexity index is 4110. The van der Waals surface area contributed by atoms with Crippen LogP contribution in [0.25, 0.3) is 126 Å². The maximum absolute atomic E-state index is 2.56. The lowest BCUT2D eigenvalue weighted by molar-refractivity contribution is 1.16. The van der Waals surface area contributed by atoms with E-state index in [1.54, 1.807) is 0 Å². The van der Waals surface area contributed by atoms with Gasteiger partial charge in [0.25, 0.3) is 0 Å². The summed E-state index contributed by atoms with van der Waals surface area (Å²) in [5, 5.41) is 15.1. The number of benzene rings is 11. The van der Waals surface area contributed by atoms with E-state index in [1.165, 1.54) is 109 Å². The highest BCUT2D eigenvalue weighted by Crippen LogP contribution is 2.45. The summed E-state index contributed by atoms with van der Waals surface area (Å²) in [6.07, 6.45) is 0.